The molecule has 1 aliphatic rings. The van der Waals surface area contributed by atoms with E-state index in [4.69, 9.17) is 4.74 Å². The highest BCUT2D eigenvalue weighted by Crippen LogP contribution is 2.29. The number of hydrogen-bond acceptors (Lipinski definition) is 4. The van der Waals surface area contributed by atoms with Gasteiger partial charge in [-0.1, -0.05) is 13.8 Å². The third kappa shape index (κ3) is 4.58. The molecule has 0 aromatic carbocycles. The van der Waals surface area contributed by atoms with Crippen LogP contribution in [0.4, 0.5) is 0 Å². The summed E-state index contributed by atoms with van der Waals surface area (Å²) < 4.78 is 7.87. The Bertz CT molecular complexity index is 400. The summed E-state index contributed by atoms with van der Waals surface area (Å²) in [7, 11) is 0. The molecule has 1 unspecified atom stereocenters. The normalized spacial score (nSPS) is 22.3. The van der Waals surface area contributed by atoms with Crippen molar-refractivity contribution in [2.24, 2.45) is 5.92 Å². The Kier molecular flexibility index (Phi) is 4.58. The topological polar surface area (TPSA) is 52.0 Å². The first kappa shape index (κ1) is 14.5. The molecule has 0 aliphatic carbocycles. The van der Waals surface area contributed by atoms with Crippen LogP contribution in [0, 0.1) is 5.92 Å². The molecular formula is C14H26N4O. The Hall–Kier alpha value is -0.940. The molecular weight excluding hydrogens is 240 g/mol. The van der Waals surface area contributed by atoms with Gasteiger partial charge >= 0.3 is 0 Å². The zero-order valence-corrected chi connectivity index (χ0v) is 12.5. The van der Waals surface area contributed by atoms with Crippen LogP contribution in [-0.4, -0.2) is 33.0 Å². The maximum atomic E-state index is 5.97. The van der Waals surface area contributed by atoms with E-state index in [1.54, 1.807) is 6.33 Å². The fourth-order valence-corrected chi connectivity index (χ4v) is 2.39. The first-order valence-corrected chi connectivity index (χ1v) is 7.21. The molecule has 0 bridgehead atoms. The van der Waals surface area contributed by atoms with Crippen molar-refractivity contribution in [1.82, 2.24) is 20.1 Å². The molecule has 1 saturated heterocycles. The number of aromatic nitrogens is 3. The molecule has 1 aromatic rings. The second-order valence-corrected chi connectivity index (χ2v) is 6.45. The Labute approximate surface area is 115 Å². The van der Waals surface area contributed by atoms with E-state index in [-0.39, 0.29) is 11.7 Å². The molecule has 0 radical (unpaired) electrons. The van der Waals surface area contributed by atoms with Gasteiger partial charge in [0.15, 0.2) is 5.82 Å². The van der Waals surface area contributed by atoms with E-state index < -0.39 is 0 Å². The van der Waals surface area contributed by atoms with Gasteiger partial charge in [0.25, 0.3) is 0 Å². The average Bonchev–Trinajstić information content (AvgIpc) is 2.86. The fraction of sp³-hybridized carbons (Fsp3) is 0.857. The molecule has 19 heavy (non-hydrogen) atoms. The van der Waals surface area contributed by atoms with Crippen LogP contribution in [0.15, 0.2) is 6.33 Å². The number of rotatable bonds is 6. The predicted molar refractivity (Wildman–Crippen MR) is 74.8 cm³/mol. The lowest BCUT2D eigenvalue weighted by molar-refractivity contribution is -0.0230. The van der Waals surface area contributed by atoms with Gasteiger partial charge < -0.3 is 10.1 Å². The lowest BCUT2D eigenvalue weighted by Gasteiger charge is -2.18. The second-order valence-electron chi connectivity index (χ2n) is 6.45. The van der Waals surface area contributed by atoms with Crippen molar-refractivity contribution in [3.63, 3.8) is 0 Å². The van der Waals surface area contributed by atoms with Crippen LogP contribution in [0.2, 0.25) is 0 Å². The Balaban J connectivity index is 1.78. The number of ether oxygens (including phenoxy) is 1. The van der Waals surface area contributed by atoms with Crippen LogP contribution in [0.1, 0.15) is 46.4 Å². The summed E-state index contributed by atoms with van der Waals surface area (Å²) in [6, 6.07) is 0. The molecule has 1 aliphatic heterocycles. The van der Waals surface area contributed by atoms with Crippen LogP contribution in [-0.2, 0) is 17.8 Å². The van der Waals surface area contributed by atoms with Crippen LogP contribution < -0.4 is 5.32 Å². The van der Waals surface area contributed by atoms with E-state index in [1.165, 1.54) is 0 Å². The molecule has 0 amide bonds. The molecule has 1 N–H and O–H groups in total. The molecule has 2 heterocycles. The van der Waals surface area contributed by atoms with Gasteiger partial charge in [-0.2, -0.15) is 5.10 Å². The van der Waals surface area contributed by atoms with Crippen LogP contribution in [0.25, 0.3) is 0 Å². The highest BCUT2D eigenvalue weighted by molar-refractivity contribution is 4.84. The van der Waals surface area contributed by atoms with Crippen LogP contribution in [0.3, 0.4) is 0 Å². The number of nitrogens with zero attached hydrogens (tertiary/aromatic N) is 3. The molecule has 5 nitrogen and oxygen atoms in total. The van der Waals surface area contributed by atoms with Crippen molar-refractivity contribution in [2.45, 2.75) is 65.3 Å². The summed E-state index contributed by atoms with van der Waals surface area (Å²) in [5, 5.41) is 7.83. The Morgan fingerprint density at radius 1 is 1.53 bits per heavy atom. The molecule has 2 rings (SSSR count). The summed E-state index contributed by atoms with van der Waals surface area (Å²) in [6.45, 7) is 11.2. The third-order valence-corrected chi connectivity index (χ3v) is 3.36. The average molecular weight is 266 g/mol. The van der Waals surface area contributed by atoms with Gasteiger partial charge in [-0.25, -0.2) is 4.98 Å². The fourth-order valence-electron chi connectivity index (χ4n) is 2.39. The van der Waals surface area contributed by atoms with Gasteiger partial charge in [0.1, 0.15) is 6.33 Å². The molecule has 1 aromatic heterocycles. The number of nitrogens with one attached hydrogen (secondary N) is 1. The molecule has 1 atom stereocenters. The molecule has 0 saturated carbocycles. The maximum Gasteiger partial charge on any atom is 0.164 e. The standard InChI is InChI=1S/C14H26N4O/c1-11(2)7-15-8-13-16-10-18(17-13)9-12-5-6-14(3,4)19-12/h10-12,15H,5-9H2,1-4H3. The van der Waals surface area contributed by atoms with Gasteiger partial charge in [0, 0.05) is 0 Å². The quantitative estimate of drug-likeness (QED) is 0.855. The molecule has 5 heteroatoms. The zero-order chi connectivity index (χ0) is 13.9. The monoisotopic (exact) mass is 266 g/mol. The van der Waals surface area contributed by atoms with Gasteiger partial charge in [-0.3, -0.25) is 4.68 Å². The van der Waals surface area contributed by atoms with E-state index >= 15 is 0 Å². The van der Waals surface area contributed by atoms with Crippen LogP contribution in [0.5, 0.6) is 0 Å². The molecule has 1 fully saturated rings. The Morgan fingerprint density at radius 2 is 2.32 bits per heavy atom. The summed E-state index contributed by atoms with van der Waals surface area (Å²) >= 11 is 0. The maximum absolute atomic E-state index is 5.97. The number of hydrogen-bond donors (Lipinski definition) is 1. The minimum atomic E-state index is 0.0207. The predicted octanol–water partition coefficient (Wildman–Crippen LogP) is 1.98. The summed E-state index contributed by atoms with van der Waals surface area (Å²) in [4.78, 5) is 4.33. The van der Waals surface area contributed by atoms with E-state index in [9.17, 15) is 0 Å². The van der Waals surface area contributed by atoms with Gasteiger partial charge in [0.2, 0.25) is 0 Å². The van der Waals surface area contributed by atoms with E-state index in [1.807, 2.05) is 4.68 Å². The lowest BCUT2D eigenvalue weighted by Crippen LogP contribution is -2.23. The SMILES string of the molecule is CC(C)CNCc1ncn(CC2CCC(C)(C)O2)n1. The zero-order valence-electron chi connectivity index (χ0n) is 12.5. The minimum absolute atomic E-state index is 0.0207. The lowest BCUT2D eigenvalue weighted by atomic mass is 10.1. The molecule has 108 valence electrons. The van der Waals surface area contributed by atoms with E-state index in [0.29, 0.717) is 5.92 Å². The van der Waals surface area contributed by atoms with Crippen molar-refractivity contribution in [3.05, 3.63) is 12.2 Å². The van der Waals surface area contributed by atoms with E-state index in [2.05, 4.69) is 43.1 Å². The summed E-state index contributed by atoms with van der Waals surface area (Å²) in [6.07, 6.45) is 4.30. The third-order valence-electron chi connectivity index (χ3n) is 3.36. The minimum Gasteiger partial charge on any atom is -0.370 e. The largest absolute Gasteiger partial charge is 0.370 e. The van der Waals surface area contributed by atoms with Gasteiger partial charge in [0.05, 0.1) is 24.8 Å². The smallest absolute Gasteiger partial charge is 0.164 e. The summed E-state index contributed by atoms with van der Waals surface area (Å²) in [5.74, 6) is 1.51. The van der Waals surface area contributed by atoms with Gasteiger partial charge in [-0.05, 0) is 39.2 Å². The van der Waals surface area contributed by atoms with Crippen molar-refractivity contribution in [1.29, 1.82) is 0 Å². The highest BCUT2D eigenvalue weighted by atomic mass is 16.5. The van der Waals surface area contributed by atoms with Crippen molar-refractivity contribution in [2.75, 3.05) is 6.54 Å². The first-order chi connectivity index (χ1) is 8.94. The van der Waals surface area contributed by atoms with Crippen LogP contribution >= 0.6 is 0 Å². The van der Waals surface area contributed by atoms with E-state index in [0.717, 1.165) is 38.3 Å². The van der Waals surface area contributed by atoms with Crippen molar-refractivity contribution in [3.8, 4) is 0 Å². The second kappa shape index (κ2) is 6.01. The highest BCUT2D eigenvalue weighted by Gasteiger charge is 2.31. The summed E-state index contributed by atoms with van der Waals surface area (Å²) in [5.41, 5.74) is 0.0207. The van der Waals surface area contributed by atoms with Crippen molar-refractivity contribution < 1.29 is 4.74 Å². The molecule has 0 spiro atoms. The van der Waals surface area contributed by atoms with Gasteiger partial charge in [-0.15, -0.1) is 0 Å². The van der Waals surface area contributed by atoms with Crippen molar-refractivity contribution >= 4 is 0 Å². The first-order valence-electron chi connectivity index (χ1n) is 7.21. The Morgan fingerprint density at radius 3 is 2.95 bits per heavy atom.